The molecule has 0 radical (unpaired) electrons. The Bertz CT molecular complexity index is 476. The van der Waals surface area contributed by atoms with E-state index in [1.54, 1.807) is 17.4 Å². The van der Waals surface area contributed by atoms with E-state index in [1.165, 1.54) is 0 Å². The Labute approximate surface area is 98.1 Å². The predicted octanol–water partition coefficient (Wildman–Crippen LogP) is 4.75. The maximum atomic E-state index is 12.6. The number of fused-ring (bicyclic) bond motifs is 1. The monoisotopic (exact) mass is 324 g/mol. The molecule has 4 heteroatoms. The smallest absolute Gasteiger partial charge is 0.205 e. The summed E-state index contributed by atoms with van der Waals surface area (Å²) in [6.45, 7) is 1.95. The molecule has 0 aliphatic rings. The lowest BCUT2D eigenvalue weighted by atomic mass is 10.1. The van der Waals surface area contributed by atoms with Crippen LogP contribution in [-0.4, -0.2) is 0 Å². The third-order valence-electron chi connectivity index (χ3n) is 2.12. The molecular weight excluding hydrogens is 317 g/mol. The number of thiophene rings is 1. The number of alkyl halides is 2. The third kappa shape index (κ3) is 1.65. The van der Waals surface area contributed by atoms with Gasteiger partial charge in [-0.25, -0.2) is 8.78 Å². The number of benzene rings is 1. The van der Waals surface area contributed by atoms with Crippen LogP contribution < -0.4 is 0 Å². The van der Waals surface area contributed by atoms with Crippen molar-refractivity contribution in [2.45, 2.75) is 13.3 Å². The van der Waals surface area contributed by atoms with Crippen molar-refractivity contribution in [2.75, 3.05) is 0 Å². The van der Waals surface area contributed by atoms with Crippen LogP contribution in [0.3, 0.4) is 0 Å². The predicted molar refractivity (Wildman–Crippen MR) is 64.2 cm³/mol. The molecule has 0 atom stereocenters. The summed E-state index contributed by atoms with van der Waals surface area (Å²) >= 11 is 3.56. The summed E-state index contributed by atoms with van der Waals surface area (Å²) in [6.07, 6.45) is -2.38. The highest BCUT2D eigenvalue weighted by Crippen LogP contribution is 2.33. The summed E-state index contributed by atoms with van der Waals surface area (Å²) in [7, 11) is 0. The van der Waals surface area contributed by atoms with Crippen molar-refractivity contribution >= 4 is 44.0 Å². The summed E-state index contributed by atoms with van der Waals surface area (Å²) in [6, 6.07) is 3.43. The van der Waals surface area contributed by atoms with Crippen LogP contribution >= 0.6 is 33.9 Å². The van der Waals surface area contributed by atoms with E-state index >= 15 is 0 Å². The Balaban J connectivity index is 2.74. The zero-order valence-electron chi connectivity index (χ0n) is 7.35. The van der Waals surface area contributed by atoms with E-state index in [9.17, 15) is 8.78 Å². The Morgan fingerprint density at radius 2 is 2.07 bits per heavy atom. The molecule has 0 saturated heterocycles. The molecule has 2 rings (SSSR count). The third-order valence-corrected chi connectivity index (χ3v) is 4.12. The van der Waals surface area contributed by atoms with Gasteiger partial charge >= 0.3 is 0 Å². The fraction of sp³-hybridized carbons (Fsp3) is 0.200. The molecule has 0 spiro atoms. The van der Waals surface area contributed by atoms with Crippen molar-refractivity contribution in [1.29, 1.82) is 0 Å². The fourth-order valence-corrected chi connectivity index (χ4v) is 3.24. The van der Waals surface area contributed by atoms with Gasteiger partial charge in [-0.05, 0) is 58.0 Å². The molecule has 1 aromatic carbocycles. The van der Waals surface area contributed by atoms with Crippen LogP contribution in [-0.2, 0) is 0 Å². The molecule has 1 aromatic heterocycles. The molecule has 1 heterocycles. The van der Waals surface area contributed by atoms with E-state index < -0.39 is 6.43 Å². The van der Waals surface area contributed by atoms with Crippen LogP contribution in [0.5, 0.6) is 0 Å². The molecule has 0 N–H and O–H groups in total. The summed E-state index contributed by atoms with van der Waals surface area (Å²) < 4.78 is 26.9. The van der Waals surface area contributed by atoms with Gasteiger partial charge in [-0.1, -0.05) is 0 Å². The minimum Gasteiger partial charge on any atom is -0.205 e. The second-order valence-corrected chi connectivity index (χ2v) is 5.16. The number of rotatable bonds is 1. The van der Waals surface area contributed by atoms with Gasteiger partial charge in [0.2, 0.25) is 0 Å². The van der Waals surface area contributed by atoms with Gasteiger partial charge < -0.3 is 0 Å². The molecule has 0 saturated carbocycles. The Hall–Kier alpha value is -0.230. The van der Waals surface area contributed by atoms with Crippen LogP contribution in [0.15, 0.2) is 17.5 Å². The van der Waals surface area contributed by atoms with Crippen LogP contribution in [0.25, 0.3) is 10.1 Å². The minimum absolute atomic E-state index is 0.139. The van der Waals surface area contributed by atoms with Gasteiger partial charge in [0.15, 0.2) is 0 Å². The van der Waals surface area contributed by atoms with Crippen LogP contribution in [0, 0.1) is 10.5 Å². The first-order valence-electron chi connectivity index (χ1n) is 4.05. The topological polar surface area (TPSA) is 0 Å². The fourth-order valence-electron chi connectivity index (χ4n) is 1.36. The van der Waals surface area contributed by atoms with Crippen molar-refractivity contribution in [3.05, 3.63) is 32.2 Å². The average molecular weight is 324 g/mol. The van der Waals surface area contributed by atoms with Crippen molar-refractivity contribution in [3.63, 3.8) is 0 Å². The SMILES string of the molecule is Cc1csc2cc(I)c(C(F)F)cc12. The van der Waals surface area contributed by atoms with Crippen molar-refractivity contribution in [1.82, 2.24) is 0 Å². The summed E-state index contributed by atoms with van der Waals surface area (Å²) in [5, 5.41) is 2.95. The molecule has 2 aromatic rings. The lowest BCUT2D eigenvalue weighted by Gasteiger charge is -2.03. The molecule has 74 valence electrons. The van der Waals surface area contributed by atoms with Gasteiger partial charge in [0.25, 0.3) is 6.43 Å². The minimum atomic E-state index is -2.38. The van der Waals surface area contributed by atoms with E-state index in [-0.39, 0.29) is 5.56 Å². The van der Waals surface area contributed by atoms with Gasteiger partial charge in [-0.2, -0.15) is 0 Å². The summed E-state index contributed by atoms with van der Waals surface area (Å²) in [5.41, 5.74) is 1.21. The highest BCUT2D eigenvalue weighted by atomic mass is 127. The second kappa shape index (κ2) is 3.73. The molecule has 0 bridgehead atoms. The standard InChI is InChI=1S/C10H7F2IS/c1-5-4-14-9-3-8(13)7(10(11)12)2-6(5)9/h2-4,10H,1H3. The maximum Gasteiger partial charge on any atom is 0.264 e. The number of hydrogen-bond acceptors (Lipinski definition) is 1. The zero-order chi connectivity index (χ0) is 10.3. The van der Waals surface area contributed by atoms with E-state index in [0.717, 1.165) is 15.6 Å². The number of hydrogen-bond donors (Lipinski definition) is 0. The van der Waals surface area contributed by atoms with Gasteiger partial charge in [0.05, 0.1) is 0 Å². The van der Waals surface area contributed by atoms with Gasteiger partial charge in [-0.15, -0.1) is 11.3 Å². The quantitative estimate of drug-likeness (QED) is 0.664. The molecule has 0 nitrogen and oxygen atoms in total. The Kier molecular flexibility index (Phi) is 2.74. The first-order chi connectivity index (χ1) is 6.59. The molecule has 14 heavy (non-hydrogen) atoms. The van der Waals surface area contributed by atoms with E-state index in [4.69, 9.17) is 0 Å². The summed E-state index contributed by atoms with van der Waals surface area (Å²) in [4.78, 5) is 0. The molecule has 0 aliphatic carbocycles. The molecule has 0 amide bonds. The van der Waals surface area contributed by atoms with Crippen LogP contribution in [0.2, 0.25) is 0 Å². The Morgan fingerprint density at radius 1 is 1.36 bits per heavy atom. The average Bonchev–Trinajstić information content (AvgIpc) is 2.46. The second-order valence-electron chi connectivity index (χ2n) is 3.09. The number of halogens is 3. The van der Waals surface area contributed by atoms with Crippen molar-refractivity contribution < 1.29 is 8.78 Å². The summed E-state index contributed by atoms with van der Waals surface area (Å²) in [5.74, 6) is 0. The van der Waals surface area contributed by atoms with Crippen molar-refractivity contribution in [2.24, 2.45) is 0 Å². The lowest BCUT2D eigenvalue weighted by molar-refractivity contribution is 0.150. The zero-order valence-corrected chi connectivity index (χ0v) is 10.3. The molecule has 0 fully saturated rings. The largest absolute Gasteiger partial charge is 0.264 e. The Morgan fingerprint density at radius 3 is 2.71 bits per heavy atom. The highest BCUT2D eigenvalue weighted by Gasteiger charge is 2.13. The van der Waals surface area contributed by atoms with Crippen LogP contribution in [0.1, 0.15) is 17.6 Å². The van der Waals surface area contributed by atoms with E-state index in [0.29, 0.717) is 3.57 Å². The van der Waals surface area contributed by atoms with Crippen molar-refractivity contribution in [3.8, 4) is 0 Å². The van der Waals surface area contributed by atoms with Gasteiger partial charge in [0.1, 0.15) is 0 Å². The van der Waals surface area contributed by atoms with Gasteiger partial charge in [0, 0.05) is 13.8 Å². The molecular formula is C10H7F2IS. The normalized spacial score (nSPS) is 11.5. The first kappa shape index (κ1) is 10.3. The van der Waals surface area contributed by atoms with E-state index in [1.807, 2.05) is 41.0 Å². The molecule has 0 unspecified atom stereocenters. The molecule has 0 aliphatic heterocycles. The maximum absolute atomic E-state index is 12.6. The van der Waals surface area contributed by atoms with E-state index in [2.05, 4.69) is 0 Å². The van der Waals surface area contributed by atoms with Gasteiger partial charge in [-0.3, -0.25) is 0 Å². The first-order valence-corrected chi connectivity index (χ1v) is 6.01. The lowest BCUT2D eigenvalue weighted by Crippen LogP contribution is -1.88. The highest BCUT2D eigenvalue weighted by molar-refractivity contribution is 14.1. The number of aryl methyl sites for hydroxylation is 1. The van der Waals surface area contributed by atoms with Crippen LogP contribution in [0.4, 0.5) is 8.78 Å².